The summed E-state index contributed by atoms with van der Waals surface area (Å²) in [5.41, 5.74) is 0. The molecule has 120 valence electrons. The zero-order chi connectivity index (χ0) is 15.7. The highest BCUT2D eigenvalue weighted by atomic mass is 16.5. The molecule has 1 fully saturated rings. The van der Waals surface area contributed by atoms with Gasteiger partial charge in [0.25, 0.3) is 0 Å². The van der Waals surface area contributed by atoms with E-state index in [-0.39, 0.29) is 24.3 Å². The first-order chi connectivity index (χ1) is 10.1. The molecule has 0 aliphatic carbocycles. The van der Waals surface area contributed by atoms with Crippen LogP contribution in [0.3, 0.4) is 0 Å². The van der Waals surface area contributed by atoms with Crippen molar-refractivity contribution < 1.29 is 19.1 Å². The lowest BCUT2D eigenvalue weighted by atomic mass is 9.97. The molecule has 0 aromatic rings. The maximum absolute atomic E-state index is 11.5. The minimum absolute atomic E-state index is 0.0239. The predicted octanol–water partition coefficient (Wildman–Crippen LogP) is 0.400. The van der Waals surface area contributed by atoms with Gasteiger partial charge in [0.1, 0.15) is 0 Å². The molecule has 1 aliphatic heterocycles. The van der Waals surface area contributed by atoms with Gasteiger partial charge in [0.2, 0.25) is 0 Å². The van der Waals surface area contributed by atoms with E-state index < -0.39 is 0 Å². The Labute approximate surface area is 125 Å². The number of carbonyl (C=O) groups is 2. The van der Waals surface area contributed by atoms with Crippen molar-refractivity contribution in [1.82, 2.24) is 10.2 Å². The van der Waals surface area contributed by atoms with Crippen LogP contribution in [0.2, 0.25) is 0 Å². The molecule has 0 radical (unpaired) electrons. The number of methoxy groups -OCH3 is 2. The van der Waals surface area contributed by atoms with Crippen LogP contribution in [-0.4, -0.2) is 63.2 Å². The Hall–Kier alpha value is -1.79. The number of hydrogen-bond donors (Lipinski definition) is 1. The van der Waals surface area contributed by atoms with Crippen molar-refractivity contribution in [2.45, 2.75) is 26.2 Å². The second-order valence-corrected chi connectivity index (χ2v) is 4.85. The van der Waals surface area contributed by atoms with E-state index in [1.54, 1.807) is 0 Å². The molecule has 7 heteroatoms. The maximum Gasteiger partial charge on any atom is 0.308 e. The topological polar surface area (TPSA) is 80.2 Å². The Morgan fingerprint density at radius 2 is 1.90 bits per heavy atom. The third kappa shape index (κ3) is 5.61. The largest absolute Gasteiger partial charge is 0.469 e. The highest BCUT2D eigenvalue weighted by Gasteiger charge is 2.26. The smallest absolute Gasteiger partial charge is 0.308 e. The molecule has 7 nitrogen and oxygen atoms in total. The van der Waals surface area contributed by atoms with E-state index in [0.29, 0.717) is 6.54 Å². The molecule has 1 N–H and O–H groups in total. The Bertz CT molecular complexity index is 376. The van der Waals surface area contributed by atoms with Gasteiger partial charge < -0.3 is 19.7 Å². The van der Waals surface area contributed by atoms with E-state index in [0.717, 1.165) is 38.4 Å². The number of hydrogen-bond acceptors (Lipinski definition) is 5. The Morgan fingerprint density at radius 3 is 2.43 bits per heavy atom. The van der Waals surface area contributed by atoms with Crippen molar-refractivity contribution in [3.05, 3.63) is 0 Å². The molecule has 1 aliphatic rings. The molecular weight excluding hydrogens is 274 g/mol. The van der Waals surface area contributed by atoms with Crippen molar-refractivity contribution in [3.63, 3.8) is 0 Å². The van der Waals surface area contributed by atoms with Gasteiger partial charge in [0.05, 0.1) is 33.1 Å². The number of carbonyl (C=O) groups excluding carboxylic acids is 2. The van der Waals surface area contributed by atoms with Crippen LogP contribution in [-0.2, 0) is 19.1 Å². The fourth-order valence-electron chi connectivity index (χ4n) is 2.27. The number of ether oxygens (including phenoxy) is 2. The maximum atomic E-state index is 11.5. The summed E-state index contributed by atoms with van der Waals surface area (Å²) < 4.78 is 9.38. The summed E-state index contributed by atoms with van der Waals surface area (Å²) in [7, 11) is 2.79. The lowest BCUT2D eigenvalue weighted by molar-refractivity contribution is -0.146. The van der Waals surface area contributed by atoms with Crippen LogP contribution in [0.15, 0.2) is 4.99 Å². The SMILES string of the molecule is CCNC(=NCCC(=O)OC)N1CCC(C(=O)OC)CC1. The number of guanidine groups is 1. The van der Waals surface area contributed by atoms with Gasteiger partial charge in [0.15, 0.2) is 5.96 Å². The van der Waals surface area contributed by atoms with E-state index in [4.69, 9.17) is 4.74 Å². The minimum atomic E-state index is -0.265. The normalized spacial score (nSPS) is 16.5. The minimum Gasteiger partial charge on any atom is -0.469 e. The molecule has 21 heavy (non-hydrogen) atoms. The van der Waals surface area contributed by atoms with Crippen LogP contribution in [0.1, 0.15) is 26.2 Å². The van der Waals surface area contributed by atoms with Crippen molar-refractivity contribution >= 4 is 17.9 Å². The zero-order valence-electron chi connectivity index (χ0n) is 13.1. The van der Waals surface area contributed by atoms with Gasteiger partial charge in [-0.3, -0.25) is 14.6 Å². The van der Waals surface area contributed by atoms with Crippen molar-refractivity contribution in [2.24, 2.45) is 10.9 Å². The number of nitrogens with one attached hydrogen (secondary N) is 1. The molecule has 0 atom stereocenters. The molecule has 1 saturated heterocycles. The highest BCUT2D eigenvalue weighted by Crippen LogP contribution is 2.18. The molecule has 0 saturated carbocycles. The first-order valence-electron chi connectivity index (χ1n) is 7.30. The number of piperidine rings is 1. The van der Waals surface area contributed by atoms with Crippen LogP contribution in [0.25, 0.3) is 0 Å². The zero-order valence-corrected chi connectivity index (χ0v) is 13.1. The molecule has 0 aromatic carbocycles. The van der Waals surface area contributed by atoms with Crippen LogP contribution in [0, 0.1) is 5.92 Å². The summed E-state index contributed by atoms with van der Waals surface area (Å²) in [5.74, 6) is 0.357. The van der Waals surface area contributed by atoms with Gasteiger partial charge in [-0.1, -0.05) is 0 Å². The Morgan fingerprint density at radius 1 is 1.24 bits per heavy atom. The van der Waals surface area contributed by atoms with Crippen LogP contribution >= 0.6 is 0 Å². The van der Waals surface area contributed by atoms with E-state index in [2.05, 4.69) is 19.9 Å². The van der Waals surface area contributed by atoms with Crippen molar-refractivity contribution in [1.29, 1.82) is 0 Å². The third-order valence-corrected chi connectivity index (χ3v) is 3.47. The van der Waals surface area contributed by atoms with Gasteiger partial charge in [-0.05, 0) is 19.8 Å². The Balaban J connectivity index is 2.52. The summed E-state index contributed by atoms with van der Waals surface area (Å²) in [6.45, 7) is 4.66. The summed E-state index contributed by atoms with van der Waals surface area (Å²) in [5, 5.41) is 3.21. The lowest BCUT2D eigenvalue weighted by Gasteiger charge is -2.33. The standard InChI is InChI=1S/C14H25N3O4/c1-4-15-14(16-8-5-12(18)20-2)17-9-6-11(7-10-17)13(19)21-3/h11H,4-10H2,1-3H3,(H,15,16). The van der Waals surface area contributed by atoms with Gasteiger partial charge >= 0.3 is 11.9 Å². The molecule has 0 bridgehead atoms. The monoisotopic (exact) mass is 299 g/mol. The van der Waals surface area contributed by atoms with Crippen LogP contribution < -0.4 is 5.32 Å². The van der Waals surface area contributed by atoms with E-state index >= 15 is 0 Å². The molecule has 0 unspecified atom stereocenters. The van der Waals surface area contributed by atoms with Gasteiger partial charge in [-0.2, -0.15) is 0 Å². The fourth-order valence-corrected chi connectivity index (χ4v) is 2.27. The summed E-state index contributed by atoms with van der Waals surface area (Å²) in [6, 6.07) is 0. The second kappa shape index (κ2) is 9.20. The first kappa shape index (κ1) is 17.3. The molecular formula is C14H25N3O4. The van der Waals surface area contributed by atoms with Gasteiger partial charge in [0, 0.05) is 19.6 Å². The first-order valence-corrected chi connectivity index (χ1v) is 7.30. The number of aliphatic imine (C=N–C) groups is 1. The summed E-state index contributed by atoms with van der Waals surface area (Å²) in [4.78, 5) is 29.2. The third-order valence-electron chi connectivity index (χ3n) is 3.47. The van der Waals surface area contributed by atoms with Gasteiger partial charge in [-0.15, -0.1) is 0 Å². The molecule has 0 aromatic heterocycles. The van der Waals surface area contributed by atoms with E-state index in [9.17, 15) is 9.59 Å². The second-order valence-electron chi connectivity index (χ2n) is 4.85. The molecule has 1 heterocycles. The number of esters is 2. The van der Waals surface area contributed by atoms with Crippen molar-refractivity contribution in [2.75, 3.05) is 40.4 Å². The Kier molecular flexibility index (Phi) is 7.56. The highest BCUT2D eigenvalue weighted by molar-refractivity contribution is 5.81. The average molecular weight is 299 g/mol. The summed E-state index contributed by atoms with van der Waals surface area (Å²) >= 11 is 0. The quantitative estimate of drug-likeness (QED) is 0.450. The van der Waals surface area contributed by atoms with E-state index in [1.165, 1.54) is 14.2 Å². The van der Waals surface area contributed by atoms with Gasteiger partial charge in [-0.25, -0.2) is 0 Å². The lowest BCUT2D eigenvalue weighted by Crippen LogP contribution is -2.46. The number of nitrogens with zero attached hydrogens (tertiary/aromatic N) is 2. The fraction of sp³-hybridized carbons (Fsp3) is 0.786. The van der Waals surface area contributed by atoms with Crippen LogP contribution in [0.5, 0.6) is 0 Å². The molecule has 0 amide bonds. The summed E-state index contributed by atoms with van der Waals surface area (Å²) in [6.07, 6.45) is 1.78. The number of rotatable bonds is 5. The van der Waals surface area contributed by atoms with Crippen molar-refractivity contribution in [3.8, 4) is 0 Å². The average Bonchev–Trinajstić information content (AvgIpc) is 2.53. The van der Waals surface area contributed by atoms with E-state index in [1.807, 2.05) is 6.92 Å². The molecule has 1 rings (SSSR count). The predicted molar refractivity (Wildman–Crippen MR) is 78.9 cm³/mol. The van der Waals surface area contributed by atoms with Crippen LogP contribution in [0.4, 0.5) is 0 Å². The molecule has 0 spiro atoms. The number of likely N-dealkylation sites (tertiary alicyclic amines) is 1.